The Hall–Kier alpha value is -3.43. The summed E-state index contributed by atoms with van der Waals surface area (Å²) in [4.78, 5) is 19.8. The second kappa shape index (κ2) is 11.1. The van der Waals surface area contributed by atoms with Gasteiger partial charge in [-0.3, -0.25) is 4.79 Å². The molecule has 38 heavy (non-hydrogen) atoms. The monoisotopic (exact) mass is 537 g/mol. The summed E-state index contributed by atoms with van der Waals surface area (Å²) >= 11 is 0. The third-order valence-electron chi connectivity index (χ3n) is 6.71. The first-order valence-corrected chi connectivity index (χ1v) is 14.3. The van der Waals surface area contributed by atoms with Crippen LogP contribution in [0.4, 0.5) is 0 Å². The maximum Gasteiger partial charge on any atom is 0.255 e. The molecule has 0 saturated carbocycles. The molecule has 4 rings (SSSR count). The average Bonchev–Trinajstić information content (AvgIpc) is 2.90. The molecule has 0 fully saturated rings. The summed E-state index contributed by atoms with van der Waals surface area (Å²) in [5, 5.41) is 0. The van der Waals surface area contributed by atoms with Gasteiger partial charge in [-0.2, -0.15) is 0 Å². The Morgan fingerprint density at radius 3 is 2.37 bits per heavy atom. The van der Waals surface area contributed by atoms with Gasteiger partial charge in [0.25, 0.3) is 5.91 Å². The first kappa shape index (κ1) is 27.6. The molecule has 0 radical (unpaired) electrons. The van der Waals surface area contributed by atoms with Crippen molar-refractivity contribution in [2.24, 2.45) is 0 Å². The van der Waals surface area contributed by atoms with Crippen molar-refractivity contribution in [3.63, 3.8) is 0 Å². The summed E-state index contributed by atoms with van der Waals surface area (Å²) in [5.74, 6) is 0.880. The Balaban J connectivity index is 1.61. The van der Waals surface area contributed by atoms with E-state index in [4.69, 9.17) is 9.47 Å². The highest BCUT2D eigenvalue weighted by atomic mass is 32.2. The van der Waals surface area contributed by atoms with Crippen LogP contribution in [0.2, 0.25) is 0 Å². The number of hydrogen-bond acceptors (Lipinski definition) is 6. The van der Waals surface area contributed by atoms with Crippen molar-refractivity contribution >= 4 is 15.9 Å². The average molecular weight is 538 g/mol. The molecule has 8 nitrogen and oxygen atoms in total. The van der Waals surface area contributed by atoms with E-state index in [1.54, 1.807) is 30.2 Å². The Labute approximate surface area is 225 Å². The SMILES string of the molecule is CCc1ccc(S(=O)(=O)N[C@H]2CC(C)(C)Oc3ncc(C(=O)N(CC)Cc4ccc(OC)cc4)cc32)cc1. The van der Waals surface area contributed by atoms with Gasteiger partial charge < -0.3 is 14.4 Å². The number of nitrogens with zero attached hydrogens (tertiary/aromatic N) is 2. The molecule has 1 atom stereocenters. The van der Waals surface area contributed by atoms with Gasteiger partial charge >= 0.3 is 0 Å². The van der Waals surface area contributed by atoms with E-state index in [-0.39, 0.29) is 10.8 Å². The first-order valence-electron chi connectivity index (χ1n) is 12.8. The molecule has 0 spiro atoms. The Morgan fingerprint density at radius 1 is 1.11 bits per heavy atom. The van der Waals surface area contributed by atoms with Crippen LogP contribution in [0.1, 0.15) is 67.2 Å². The molecule has 1 N–H and O–H groups in total. The highest BCUT2D eigenvalue weighted by molar-refractivity contribution is 7.89. The number of ether oxygens (including phenoxy) is 2. The zero-order valence-electron chi connectivity index (χ0n) is 22.5. The molecule has 3 aromatic rings. The predicted octanol–water partition coefficient (Wildman–Crippen LogP) is 4.90. The topological polar surface area (TPSA) is 97.8 Å². The minimum atomic E-state index is -3.82. The van der Waals surface area contributed by atoms with E-state index >= 15 is 0 Å². The zero-order chi connectivity index (χ0) is 27.5. The number of carbonyl (C=O) groups is 1. The van der Waals surface area contributed by atoms with Crippen molar-refractivity contribution in [2.75, 3.05) is 13.7 Å². The van der Waals surface area contributed by atoms with Crippen molar-refractivity contribution in [2.45, 2.75) is 63.6 Å². The van der Waals surface area contributed by atoms with Gasteiger partial charge in [-0.1, -0.05) is 31.2 Å². The minimum Gasteiger partial charge on any atom is -0.497 e. The Kier molecular flexibility index (Phi) is 8.08. The Morgan fingerprint density at radius 2 is 1.76 bits per heavy atom. The lowest BCUT2D eigenvalue weighted by molar-refractivity contribution is 0.0637. The Bertz CT molecular complexity index is 1390. The lowest BCUT2D eigenvalue weighted by Gasteiger charge is -2.37. The second-order valence-electron chi connectivity index (χ2n) is 10.0. The number of benzene rings is 2. The van der Waals surface area contributed by atoms with Crippen LogP contribution in [0.3, 0.4) is 0 Å². The largest absolute Gasteiger partial charge is 0.497 e. The number of amides is 1. The van der Waals surface area contributed by atoms with E-state index in [1.165, 1.54) is 6.20 Å². The number of carbonyl (C=O) groups excluding carboxylic acids is 1. The van der Waals surface area contributed by atoms with Crippen LogP contribution in [0.25, 0.3) is 0 Å². The number of sulfonamides is 1. The standard InChI is InChI=1S/C29H35N3O5S/c1-6-20-10-14-24(15-11-20)38(34,35)31-26-17-29(3,4)37-27-25(26)16-22(18-30-27)28(33)32(7-2)19-21-8-12-23(36-5)13-9-21/h8-16,18,26,31H,6-7,17,19H2,1-5H3/t26-/m0/s1. The molecule has 2 aromatic carbocycles. The van der Waals surface area contributed by atoms with E-state index in [0.717, 1.165) is 23.3 Å². The highest BCUT2D eigenvalue weighted by Crippen LogP contribution is 2.39. The number of hydrogen-bond donors (Lipinski definition) is 1. The fourth-order valence-corrected chi connectivity index (χ4v) is 5.77. The van der Waals surface area contributed by atoms with Crippen molar-refractivity contribution < 1.29 is 22.7 Å². The van der Waals surface area contributed by atoms with Crippen LogP contribution in [-0.4, -0.2) is 43.5 Å². The van der Waals surface area contributed by atoms with E-state index in [9.17, 15) is 13.2 Å². The van der Waals surface area contributed by atoms with E-state index in [1.807, 2.05) is 64.1 Å². The van der Waals surface area contributed by atoms with Crippen LogP contribution < -0.4 is 14.2 Å². The van der Waals surface area contributed by atoms with Gasteiger partial charge in [-0.15, -0.1) is 0 Å². The van der Waals surface area contributed by atoms with Gasteiger partial charge in [0.15, 0.2) is 0 Å². The van der Waals surface area contributed by atoms with Crippen LogP contribution in [0.15, 0.2) is 65.7 Å². The number of pyridine rings is 1. The van der Waals surface area contributed by atoms with Crippen molar-refractivity contribution in [3.05, 3.63) is 83.0 Å². The van der Waals surface area contributed by atoms with Crippen molar-refractivity contribution in [1.82, 2.24) is 14.6 Å². The summed E-state index contributed by atoms with van der Waals surface area (Å²) < 4.78 is 40.7. The quantitative estimate of drug-likeness (QED) is 0.417. The number of aromatic nitrogens is 1. The normalized spacial score (nSPS) is 16.3. The van der Waals surface area contributed by atoms with Crippen LogP contribution in [0, 0.1) is 0 Å². The van der Waals surface area contributed by atoms with Gasteiger partial charge in [-0.05, 0) is 68.7 Å². The lowest BCUT2D eigenvalue weighted by atomic mass is 9.91. The number of rotatable bonds is 9. The first-order chi connectivity index (χ1) is 18.0. The fraction of sp³-hybridized carbons (Fsp3) is 0.379. The predicted molar refractivity (Wildman–Crippen MR) is 146 cm³/mol. The smallest absolute Gasteiger partial charge is 0.255 e. The van der Waals surface area contributed by atoms with Gasteiger partial charge in [-0.25, -0.2) is 18.1 Å². The van der Waals surface area contributed by atoms with Crippen LogP contribution >= 0.6 is 0 Å². The highest BCUT2D eigenvalue weighted by Gasteiger charge is 2.37. The lowest BCUT2D eigenvalue weighted by Crippen LogP contribution is -2.42. The van der Waals surface area contributed by atoms with E-state index in [2.05, 4.69) is 9.71 Å². The van der Waals surface area contributed by atoms with Gasteiger partial charge in [0.1, 0.15) is 11.4 Å². The fourth-order valence-electron chi connectivity index (χ4n) is 4.55. The van der Waals surface area contributed by atoms with Gasteiger partial charge in [0, 0.05) is 31.3 Å². The van der Waals surface area contributed by atoms with Crippen molar-refractivity contribution in [3.8, 4) is 11.6 Å². The third-order valence-corrected chi connectivity index (χ3v) is 8.20. The number of nitrogens with one attached hydrogen (secondary N) is 1. The molecule has 9 heteroatoms. The van der Waals surface area contributed by atoms with Crippen LogP contribution in [0.5, 0.6) is 11.6 Å². The van der Waals surface area contributed by atoms with Gasteiger partial charge in [0.05, 0.1) is 23.6 Å². The van der Waals surface area contributed by atoms with E-state index < -0.39 is 21.7 Å². The molecule has 0 unspecified atom stereocenters. The molecule has 2 heterocycles. The van der Waals surface area contributed by atoms with Crippen molar-refractivity contribution in [1.29, 1.82) is 0 Å². The molecule has 202 valence electrons. The molecule has 1 aliphatic rings. The molecular formula is C29H35N3O5S. The van der Waals surface area contributed by atoms with Gasteiger partial charge in [0.2, 0.25) is 15.9 Å². The number of methoxy groups -OCH3 is 1. The summed E-state index contributed by atoms with van der Waals surface area (Å²) in [6, 6.07) is 15.5. The molecule has 0 bridgehead atoms. The van der Waals surface area contributed by atoms with E-state index in [0.29, 0.717) is 36.5 Å². The number of fused-ring (bicyclic) bond motifs is 1. The molecule has 0 aliphatic carbocycles. The zero-order valence-corrected chi connectivity index (χ0v) is 23.3. The molecular weight excluding hydrogens is 502 g/mol. The van der Waals surface area contributed by atoms with Crippen LogP contribution in [-0.2, 0) is 23.0 Å². The maximum atomic E-state index is 13.5. The number of aryl methyl sites for hydroxylation is 1. The molecule has 0 saturated heterocycles. The summed E-state index contributed by atoms with van der Waals surface area (Å²) in [6.07, 6.45) is 2.70. The minimum absolute atomic E-state index is 0.192. The summed E-state index contributed by atoms with van der Waals surface area (Å²) in [5.41, 5.74) is 2.30. The molecule has 1 aliphatic heterocycles. The summed E-state index contributed by atoms with van der Waals surface area (Å²) in [6.45, 7) is 8.63. The summed E-state index contributed by atoms with van der Waals surface area (Å²) in [7, 11) is -2.21. The molecule has 1 amide bonds. The maximum absolute atomic E-state index is 13.5. The second-order valence-corrected chi connectivity index (χ2v) is 11.7. The third kappa shape index (κ3) is 6.16. The molecule has 1 aromatic heterocycles.